The molecular formula is C12H16FNO3. The van der Waals surface area contributed by atoms with Gasteiger partial charge in [0.2, 0.25) is 5.91 Å². The number of amides is 1. The number of rotatable bonds is 6. The number of para-hydroxylation sites is 1. The van der Waals surface area contributed by atoms with E-state index in [1.54, 1.807) is 25.2 Å². The molecule has 0 aliphatic rings. The van der Waals surface area contributed by atoms with E-state index in [2.05, 4.69) is 0 Å². The number of hydroxylamine groups is 2. The van der Waals surface area contributed by atoms with Gasteiger partial charge in [-0.1, -0.05) is 12.1 Å². The second-order valence-electron chi connectivity index (χ2n) is 3.46. The highest BCUT2D eigenvalue weighted by molar-refractivity contribution is 5.74. The van der Waals surface area contributed by atoms with Crippen molar-refractivity contribution in [2.45, 2.75) is 12.8 Å². The molecule has 94 valence electrons. The van der Waals surface area contributed by atoms with Gasteiger partial charge < -0.3 is 4.74 Å². The molecule has 0 aromatic heterocycles. The molecule has 1 aromatic rings. The predicted octanol–water partition coefficient (Wildman–Crippen LogP) is 2.00. The van der Waals surface area contributed by atoms with E-state index in [0.717, 1.165) is 5.06 Å². The van der Waals surface area contributed by atoms with Crippen molar-refractivity contribution in [2.75, 3.05) is 20.8 Å². The maximum Gasteiger partial charge on any atom is 0.245 e. The average Bonchev–Trinajstić information content (AvgIpc) is 2.35. The Hall–Kier alpha value is -1.62. The van der Waals surface area contributed by atoms with E-state index < -0.39 is 5.82 Å². The summed E-state index contributed by atoms with van der Waals surface area (Å²) in [5, 5.41) is 1.16. The Balaban J connectivity index is 2.25. The topological polar surface area (TPSA) is 38.8 Å². The average molecular weight is 241 g/mol. The molecule has 1 rings (SSSR count). The Morgan fingerprint density at radius 2 is 2.12 bits per heavy atom. The largest absolute Gasteiger partial charge is 0.491 e. The summed E-state index contributed by atoms with van der Waals surface area (Å²) in [6.45, 7) is 0.296. The zero-order chi connectivity index (χ0) is 12.7. The number of nitrogens with zero attached hydrogens (tertiary/aromatic N) is 1. The van der Waals surface area contributed by atoms with E-state index in [9.17, 15) is 9.18 Å². The van der Waals surface area contributed by atoms with Crippen LogP contribution in [0.3, 0.4) is 0 Å². The first kappa shape index (κ1) is 13.4. The van der Waals surface area contributed by atoms with Gasteiger partial charge in [-0.05, 0) is 18.6 Å². The number of carbonyl (C=O) groups is 1. The van der Waals surface area contributed by atoms with E-state index in [4.69, 9.17) is 9.57 Å². The Bertz CT molecular complexity index is 371. The van der Waals surface area contributed by atoms with Crippen LogP contribution in [0.5, 0.6) is 5.75 Å². The summed E-state index contributed by atoms with van der Waals surface area (Å²) >= 11 is 0. The highest BCUT2D eigenvalue weighted by atomic mass is 19.1. The molecule has 0 saturated carbocycles. The van der Waals surface area contributed by atoms with E-state index in [-0.39, 0.29) is 11.7 Å². The Kier molecular flexibility index (Phi) is 5.42. The normalized spacial score (nSPS) is 10.1. The molecule has 0 bridgehead atoms. The van der Waals surface area contributed by atoms with E-state index in [1.165, 1.54) is 13.2 Å². The van der Waals surface area contributed by atoms with Crippen LogP contribution < -0.4 is 4.74 Å². The maximum absolute atomic E-state index is 13.1. The summed E-state index contributed by atoms with van der Waals surface area (Å²) in [6, 6.07) is 6.18. The lowest BCUT2D eigenvalue weighted by molar-refractivity contribution is -0.168. The summed E-state index contributed by atoms with van der Waals surface area (Å²) in [5.41, 5.74) is 0. The van der Waals surface area contributed by atoms with Crippen LogP contribution in [-0.2, 0) is 9.63 Å². The summed E-state index contributed by atoms with van der Waals surface area (Å²) in [6.07, 6.45) is 0.819. The van der Waals surface area contributed by atoms with Crippen molar-refractivity contribution in [1.29, 1.82) is 0 Å². The van der Waals surface area contributed by atoms with Crippen molar-refractivity contribution < 1.29 is 18.8 Å². The molecule has 5 heteroatoms. The van der Waals surface area contributed by atoms with Gasteiger partial charge in [-0.15, -0.1) is 0 Å². The van der Waals surface area contributed by atoms with Crippen LogP contribution in [0.25, 0.3) is 0 Å². The fraction of sp³-hybridized carbons (Fsp3) is 0.417. The smallest absolute Gasteiger partial charge is 0.245 e. The third-order valence-corrected chi connectivity index (χ3v) is 2.25. The minimum atomic E-state index is -0.396. The predicted molar refractivity (Wildman–Crippen MR) is 60.9 cm³/mol. The third kappa shape index (κ3) is 4.40. The number of ether oxygens (including phenoxy) is 1. The number of halogens is 1. The van der Waals surface area contributed by atoms with Crippen LogP contribution in [0.2, 0.25) is 0 Å². The quantitative estimate of drug-likeness (QED) is 0.565. The highest BCUT2D eigenvalue weighted by Gasteiger charge is 2.07. The first-order valence-corrected chi connectivity index (χ1v) is 5.33. The van der Waals surface area contributed by atoms with Crippen molar-refractivity contribution in [1.82, 2.24) is 5.06 Å². The van der Waals surface area contributed by atoms with Crippen LogP contribution in [0.15, 0.2) is 24.3 Å². The molecule has 1 amide bonds. The molecule has 0 unspecified atom stereocenters. The summed E-state index contributed by atoms with van der Waals surface area (Å²) in [4.78, 5) is 16.1. The molecule has 0 N–H and O–H groups in total. The molecule has 1 aromatic carbocycles. The molecule has 0 saturated heterocycles. The van der Waals surface area contributed by atoms with Crippen LogP contribution in [0, 0.1) is 5.82 Å². The second kappa shape index (κ2) is 6.85. The van der Waals surface area contributed by atoms with Crippen molar-refractivity contribution >= 4 is 5.91 Å². The number of benzene rings is 1. The van der Waals surface area contributed by atoms with Gasteiger partial charge in [0, 0.05) is 13.5 Å². The number of hydrogen-bond acceptors (Lipinski definition) is 3. The fourth-order valence-electron chi connectivity index (χ4n) is 1.23. The van der Waals surface area contributed by atoms with Crippen molar-refractivity contribution in [3.05, 3.63) is 30.1 Å². The highest BCUT2D eigenvalue weighted by Crippen LogP contribution is 2.15. The van der Waals surface area contributed by atoms with Gasteiger partial charge in [0.15, 0.2) is 11.6 Å². The van der Waals surface area contributed by atoms with Crippen molar-refractivity contribution in [3.8, 4) is 5.75 Å². The first-order chi connectivity index (χ1) is 8.15. The van der Waals surface area contributed by atoms with Crippen LogP contribution in [0.1, 0.15) is 12.8 Å². The summed E-state index contributed by atoms with van der Waals surface area (Å²) in [7, 11) is 2.97. The van der Waals surface area contributed by atoms with Crippen LogP contribution in [0.4, 0.5) is 4.39 Å². The van der Waals surface area contributed by atoms with Crippen molar-refractivity contribution in [2.24, 2.45) is 0 Å². The molecule has 17 heavy (non-hydrogen) atoms. The number of hydrogen-bond donors (Lipinski definition) is 0. The standard InChI is InChI=1S/C12H16FNO3/c1-14(16-2)12(15)8-5-9-17-11-7-4-3-6-10(11)13/h3-4,6-7H,5,8-9H2,1-2H3. The third-order valence-electron chi connectivity index (χ3n) is 2.25. The van der Waals surface area contributed by atoms with E-state index in [0.29, 0.717) is 19.4 Å². The Morgan fingerprint density at radius 1 is 1.41 bits per heavy atom. The van der Waals surface area contributed by atoms with E-state index in [1.807, 2.05) is 0 Å². The van der Waals surface area contributed by atoms with Crippen LogP contribution in [-0.4, -0.2) is 31.7 Å². The Labute approximate surface area is 99.9 Å². The molecule has 0 aliphatic carbocycles. The summed E-state index contributed by atoms with van der Waals surface area (Å²) < 4.78 is 18.4. The monoisotopic (exact) mass is 241 g/mol. The van der Waals surface area contributed by atoms with Gasteiger partial charge >= 0.3 is 0 Å². The van der Waals surface area contributed by atoms with Gasteiger partial charge in [-0.3, -0.25) is 9.63 Å². The second-order valence-corrected chi connectivity index (χ2v) is 3.46. The molecule has 0 heterocycles. The SMILES string of the molecule is CON(C)C(=O)CCCOc1ccccc1F. The minimum absolute atomic E-state index is 0.135. The molecule has 0 atom stereocenters. The molecule has 0 fully saturated rings. The van der Waals surface area contributed by atoms with Gasteiger partial charge in [-0.2, -0.15) is 0 Å². The molecular weight excluding hydrogens is 225 g/mol. The lowest BCUT2D eigenvalue weighted by Gasteiger charge is -2.13. The molecule has 0 aliphatic heterocycles. The molecule has 0 spiro atoms. The zero-order valence-corrected chi connectivity index (χ0v) is 9.98. The lowest BCUT2D eigenvalue weighted by Crippen LogP contribution is -2.25. The summed E-state index contributed by atoms with van der Waals surface area (Å²) in [5.74, 6) is -0.322. The van der Waals surface area contributed by atoms with Gasteiger partial charge in [-0.25, -0.2) is 9.45 Å². The number of carbonyl (C=O) groups excluding carboxylic acids is 1. The van der Waals surface area contributed by atoms with Crippen LogP contribution >= 0.6 is 0 Å². The fourth-order valence-corrected chi connectivity index (χ4v) is 1.23. The van der Waals surface area contributed by atoms with Crippen molar-refractivity contribution in [3.63, 3.8) is 0 Å². The van der Waals surface area contributed by atoms with Gasteiger partial charge in [0.05, 0.1) is 13.7 Å². The first-order valence-electron chi connectivity index (χ1n) is 5.33. The van der Waals surface area contributed by atoms with Gasteiger partial charge in [0.1, 0.15) is 0 Å². The molecule has 4 nitrogen and oxygen atoms in total. The lowest BCUT2D eigenvalue weighted by atomic mass is 10.3. The zero-order valence-electron chi connectivity index (χ0n) is 9.98. The van der Waals surface area contributed by atoms with Gasteiger partial charge in [0.25, 0.3) is 0 Å². The maximum atomic E-state index is 13.1. The van der Waals surface area contributed by atoms with E-state index >= 15 is 0 Å². The minimum Gasteiger partial charge on any atom is -0.491 e. The Morgan fingerprint density at radius 3 is 2.76 bits per heavy atom. The molecule has 0 radical (unpaired) electrons.